The summed E-state index contributed by atoms with van der Waals surface area (Å²) in [5, 5.41) is 2.69. The molecule has 0 bridgehead atoms. The molecule has 0 aliphatic heterocycles. The average molecular weight is 461 g/mol. The van der Waals surface area contributed by atoms with Crippen molar-refractivity contribution in [2.24, 2.45) is 0 Å². The summed E-state index contributed by atoms with van der Waals surface area (Å²) in [7, 11) is 1.27. The van der Waals surface area contributed by atoms with Gasteiger partial charge in [0.1, 0.15) is 16.9 Å². The van der Waals surface area contributed by atoms with Crippen LogP contribution in [-0.4, -0.2) is 13.0 Å². The molecule has 0 atom stereocenters. The number of para-hydroxylation sites is 1. The van der Waals surface area contributed by atoms with Gasteiger partial charge >= 0.3 is 5.63 Å². The summed E-state index contributed by atoms with van der Waals surface area (Å²) in [6.45, 7) is 0. The highest BCUT2D eigenvalue weighted by molar-refractivity contribution is 6.05. The predicted octanol–water partition coefficient (Wildman–Crippen LogP) is 5.42. The van der Waals surface area contributed by atoms with Crippen molar-refractivity contribution in [1.29, 1.82) is 0 Å². The first kappa shape index (κ1) is 22.0. The molecular weight excluding hydrogens is 449 g/mol. The van der Waals surface area contributed by atoms with Gasteiger partial charge < -0.3 is 14.5 Å². The molecule has 4 rings (SSSR count). The molecular formula is C23H12F5NO4. The van der Waals surface area contributed by atoms with E-state index in [4.69, 9.17) is 9.15 Å². The van der Waals surface area contributed by atoms with Crippen molar-refractivity contribution in [3.8, 4) is 16.9 Å². The SMILES string of the molecule is COc1cc(NC(=O)c2c(F)c(F)c(F)c(F)c2F)ccc1-c1cc2ccccc2oc1=O. The number of nitrogens with one attached hydrogen (secondary N) is 1. The number of ether oxygens (including phenoxy) is 1. The number of amides is 1. The van der Waals surface area contributed by atoms with Crippen LogP contribution < -0.4 is 15.7 Å². The lowest BCUT2D eigenvalue weighted by atomic mass is 10.0. The summed E-state index contributed by atoms with van der Waals surface area (Å²) in [6.07, 6.45) is 0. The van der Waals surface area contributed by atoms with E-state index in [0.29, 0.717) is 11.0 Å². The summed E-state index contributed by atoms with van der Waals surface area (Å²) < 4.78 is 78.4. The van der Waals surface area contributed by atoms with Crippen LogP contribution in [0.3, 0.4) is 0 Å². The van der Waals surface area contributed by atoms with Crippen LogP contribution in [0.4, 0.5) is 27.6 Å². The van der Waals surface area contributed by atoms with E-state index >= 15 is 0 Å². The van der Waals surface area contributed by atoms with E-state index in [-0.39, 0.29) is 22.6 Å². The molecule has 10 heteroatoms. The normalized spacial score (nSPS) is 11.0. The molecule has 0 radical (unpaired) electrons. The number of methoxy groups -OCH3 is 1. The van der Waals surface area contributed by atoms with Gasteiger partial charge in [-0.3, -0.25) is 4.79 Å². The number of carbonyl (C=O) groups excluding carboxylic acids is 1. The Labute approximate surface area is 182 Å². The van der Waals surface area contributed by atoms with Crippen molar-refractivity contribution in [3.05, 3.63) is 93.6 Å². The second kappa shape index (κ2) is 8.38. The van der Waals surface area contributed by atoms with Crippen molar-refractivity contribution in [2.45, 2.75) is 0 Å². The molecule has 0 fully saturated rings. The smallest absolute Gasteiger partial charge is 0.344 e. The topological polar surface area (TPSA) is 68.5 Å². The third kappa shape index (κ3) is 3.79. The number of hydrogen-bond acceptors (Lipinski definition) is 4. The average Bonchev–Trinajstić information content (AvgIpc) is 2.81. The lowest BCUT2D eigenvalue weighted by Crippen LogP contribution is -2.19. The summed E-state index contributed by atoms with van der Waals surface area (Å²) in [4.78, 5) is 24.7. The van der Waals surface area contributed by atoms with Gasteiger partial charge in [-0.1, -0.05) is 18.2 Å². The summed E-state index contributed by atoms with van der Waals surface area (Å²) in [5.74, 6) is -12.9. The Morgan fingerprint density at radius 1 is 0.848 bits per heavy atom. The summed E-state index contributed by atoms with van der Waals surface area (Å²) in [6, 6.07) is 12.2. The molecule has 1 heterocycles. The molecule has 1 N–H and O–H groups in total. The highest BCUT2D eigenvalue weighted by atomic mass is 19.2. The second-order valence-electron chi connectivity index (χ2n) is 6.80. The molecule has 4 aromatic rings. The maximum absolute atomic E-state index is 13.9. The molecule has 1 amide bonds. The summed E-state index contributed by atoms with van der Waals surface area (Å²) in [5.41, 5.74) is -1.59. The molecule has 0 aliphatic rings. The van der Waals surface area contributed by atoms with Gasteiger partial charge in [-0.05, 0) is 24.3 Å². The van der Waals surface area contributed by atoms with Gasteiger partial charge in [0.15, 0.2) is 23.3 Å². The first-order chi connectivity index (χ1) is 15.7. The molecule has 0 saturated heterocycles. The van der Waals surface area contributed by atoms with Crippen LogP contribution in [0.2, 0.25) is 0 Å². The van der Waals surface area contributed by atoms with Crippen molar-refractivity contribution >= 4 is 22.6 Å². The number of rotatable bonds is 4. The van der Waals surface area contributed by atoms with Gasteiger partial charge in [0.05, 0.1) is 12.7 Å². The Bertz CT molecular complexity index is 1450. The predicted molar refractivity (Wildman–Crippen MR) is 109 cm³/mol. The molecule has 5 nitrogen and oxygen atoms in total. The highest BCUT2D eigenvalue weighted by Crippen LogP contribution is 2.33. The fraction of sp³-hybridized carbons (Fsp3) is 0.0435. The Kier molecular flexibility index (Phi) is 5.59. The van der Waals surface area contributed by atoms with Crippen molar-refractivity contribution in [2.75, 3.05) is 12.4 Å². The first-order valence-corrected chi connectivity index (χ1v) is 9.27. The van der Waals surface area contributed by atoms with Crippen LogP contribution in [0.5, 0.6) is 5.75 Å². The fourth-order valence-corrected chi connectivity index (χ4v) is 3.24. The van der Waals surface area contributed by atoms with Gasteiger partial charge in [-0.2, -0.15) is 0 Å². The van der Waals surface area contributed by atoms with E-state index in [0.717, 1.165) is 0 Å². The Morgan fingerprint density at radius 3 is 2.15 bits per heavy atom. The second-order valence-corrected chi connectivity index (χ2v) is 6.80. The van der Waals surface area contributed by atoms with Crippen molar-refractivity contribution in [1.82, 2.24) is 0 Å². The highest BCUT2D eigenvalue weighted by Gasteiger charge is 2.30. The van der Waals surface area contributed by atoms with Crippen LogP contribution >= 0.6 is 0 Å². The number of anilines is 1. The number of hydrogen-bond donors (Lipinski definition) is 1. The first-order valence-electron chi connectivity index (χ1n) is 9.27. The maximum Gasteiger partial charge on any atom is 0.344 e. The molecule has 168 valence electrons. The van der Waals surface area contributed by atoms with Gasteiger partial charge in [0.2, 0.25) is 5.82 Å². The number of carbonyl (C=O) groups is 1. The van der Waals surface area contributed by atoms with E-state index in [1.54, 1.807) is 30.3 Å². The van der Waals surface area contributed by atoms with Crippen molar-refractivity contribution in [3.63, 3.8) is 0 Å². The third-order valence-corrected chi connectivity index (χ3v) is 4.83. The van der Waals surface area contributed by atoms with Crippen LogP contribution in [0.15, 0.2) is 57.7 Å². The van der Waals surface area contributed by atoms with Crippen LogP contribution in [-0.2, 0) is 0 Å². The molecule has 1 aromatic heterocycles. The zero-order valence-corrected chi connectivity index (χ0v) is 16.6. The van der Waals surface area contributed by atoms with E-state index < -0.39 is 46.2 Å². The Hall–Kier alpha value is -4.21. The van der Waals surface area contributed by atoms with Gasteiger partial charge in [0.25, 0.3) is 5.91 Å². The molecule has 3 aromatic carbocycles. The molecule has 0 unspecified atom stereocenters. The molecule has 0 spiro atoms. The van der Waals surface area contributed by atoms with Crippen LogP contribution in [0.1, 0.15) is 10.4 Å². The third-order valence-electron chi connectivity index (χ3n) is 4.83. The lowest BCUT2D eigenvalue weighted by molar-refractivity contribution is 0.101. The zero-order valence-electron chi connectivity index (χ0n) is 16.6. The Balaban J connectivity index is 1.73. The maximum atomic E-state index is 13.9. The lowest BCUT2D eigenvalue weighted by Gasteiger charge is -2.13. The molecule has 0 aliphatic carbocycles. The number of fused-ring (bicyclic) bond motifs is 1. The number of benzene rings is 3. The van der Waals surface area contributed by atoms with Crippen LogP contribution in [0, 0.1) is 29.1 Å². The van der Waals surface area contributed by atoms with E-state index in [1.807, 2.05) is 0 Å². The minimum atomic E-state index is -2.37. The van der Waals surface area contributed by atoms with E-state index in [9.17, 15) is 31.5 Å². The van der Waals surface area contributed by atoms with Crippen LogP contribution in [0.25, 0.3) is 22.1 Å². The van der Waals surface area contributed by atoms with Gasteiger partial charge in [-0.15, -0.1) is 0 Å². The standard InChI is InChI=1S/C23H12F5NO4/c1-32-15-9-11(29-22(30)16-17(24)19(26)21(28)20(27)18(16)25)6-7-12(15)13-8-10-4-2-3-5-14(10)33-23(13)31/h2-9H,1H3,(H,29,30). The van der Waals surface area contributed by atoms with E-state index in [2.05, 4.69) is 5.32 Å². The van der Waals surface area contributed by atoms with Gasteiger partial charge in [0, 0.05) is 22.7 Å². The zero-order chi connectivity index (χ0) is 23.9. The number of halogens is 5. The monoisotopic (exact) mass is 461 g/mol. The molecule has 33 heavy (non-hydrogen) atoms. The van der Waals surface area contributed by atoms with Crippen molar-refractivity contribution < 1.29 is 35.9 Å². The quantitative estimate of drug-likeness (QED) is 0.191. The molecule has 0 saturated carbocycles. The minimum Gasteiger partial charge on any atom is -0.496 e. The largest absolute Gasteiger partial charge is 0.496 e. The fourth-order valence-electron chi connectivity index (χ4n) is 3.24. The Morgan fingerprint density at radius 2 is 1.48 bits per heavy atom. The minimum absolute atomic E-state index is 0.0767. The summed E-state index contributed by atoms with van der Waals surface area (Å²) >= 11 is 0. The van der Waals surface area contributed by atoms with E-state index in [1.165, 1.54) is 25.3 Å². The van der Waals surface area contributed by atoms with Gasteiger partial charge in [-0.25, -0.2) is 26.7 Å².